The third-order valence-electron chi connectivity index (χ3n) is 5.38. The molecule has 0 spiro atoms. The molecule has 1 fully saturated rings. The lowest BCUT2D eigenvalue weighted by Crippen LogP contribution is -2.45. The molecule has 0 radical (unpaired) electrons. The highest BCUT2D eigenvalue weighted by Gasteiger charge is 2.30. The first-order valence-corrected chi connectivity index (χ1v) is 11.1. The second-order valence-corrected chi connectivity index (χ2v) is 9.19. The summed E-state index contributed by atoms with van der Waals surface area (Å²) in [5.41, 5.74) is 1.51. The zero-order chi connectivity index (χ0) is 23.1. The van der Waals surface area contributed by atoms with Gasteiger partial charge in [-0.15, -0.1) is 0 Å². The Morgan fingerprint density at radius 1 is 1.16 bits per heavy atom. The molecule has 3 rings (SSSR count). The highest BCUT2D eigenvalue weighted by molar-refractivity contribution is 5.79. The van der Waals surface area contributed by atoms with E-state index in [1.165, 1.54) is 0 Å². The van der Waals surface area contributed by atoms with Gasteiger partial charge in [0.1, 0.15) is 18.0 Å². The van der Waals surface area contributed by atoms with Crippen molar-refractivity contribution in [2.45, 2.75) is 58.8 Å². The Morgan fingerprint density at radius 3 is 2.44 bits per heavy atom. The molecule has 1 aromatic heterocycles. The van der Waals surface area contributed by atoms with Crippen molar-refractivity contribution in [2.24, 2.45) is 5.92 Å². The lowest BCUT2D eigenvalue weighted by Gasteiger charge is -2.33. The van der Waals surface area contributed by atoms with Crippen LogP contribution in [0.25, 0.3) is 0 Å². The van der Waals surface area contributed by atoms with E-state index in [-0.39, 0.29) is 24.0 Å². The number of aromatic nitrogens is 1. The second kappa shape index (κ2) is 10.5. The fourth-order valence-electron chi connectivity index (χ4n) is 3.57. The van der Waals surface area contributed by atoms with Crippen LogP contribution < -0.4 is 10.1 Å². The number of carbonyl (C=O) groups is 2. The number of likely N-dealkylation sites (tertiary alicyclic amines) is 1. The van der Waals surface area contributed by atoms with Crippen LogP contribution >= 0.6 is 0 Å². The Hall–Kier alpha value is -3.09. The summed E-state index contributed by atoms with van der Waals surface area (Å²) in [7, 11) is 0. The summed E-state index contributed by atoms with van der Waals surface area (Å²) in [4.78, 5) is 30.7. The second-order valence-electron chi connectivity index (χ2n) is 9.19. The molecule has 1 aromatic carbocycles. The quantitative estimate of drug-likeness (QED) is 0.718. The predicted molar refractivity (Wildman–Crippen MR) is 122 cm³/mol. The Labute approximate surface area is 190 Å². The zero-order valence-corrected chi connectivity index (χ0v) is 19.3. The number of carbonyl (C=O) groups excluding carboxylic acids is 2. The molecule has 1 atom stereocenters. The average molecular weight is 440 g/mol. The number of rotatable bonds is 6. The number of hydrogen-bond acceptors (Lipinski definition) is 5. The topological polar surface area (TPSA) is 80.8 Å². The maximum absolute atomic E-state index is 12.7. The van der Waals surface area contributed by atoms with Gasteiger partial charge in [0.05, 0.1) is 6.04 Å². The van der Waals surface area contributed by atoms with Gasteiger partial charge in [-0.25, -0.2) is 4.79 Å². The first-order chi connectivity index (χ1) is 15.2. The minimum absolute atomic E-state index is 0.0262. The maximum Gasteiger partial charge on any atom is 0.410 e. The number of nitrogens with one attached hydrogen (secondary N) is 1. The van der Waals surface area contributed by atoms with Crippen LogP contribution in [0.3, 0.4) is 0 Å². The molecule has 0 saturated carbocycles. The van der Waals surface area contributed by atoms with Crippen molar-refractivity contribution >= 4 is 12.0 Å². The fourth-order valence-corrected chi connectivity index (χ4v) is 3.57. The molecule has 32 heavy (non-hydrogen) atoms. The molecule has 7 nitrogen and oxygen atoms in total. The molecule has 1 unspecified atom stereocenters. The van der Waals surface area contributed by atoms with Crippen molar-refractivity contribution in [3.8, 4) is 5.75 Å². The third-order valence-corrected chi connectivity index (χ3v) is 5.38. The van der Waals surface area contributed by atoms with Crippen LogP contribution in [0.5, 0.6) is 5.75 Å². The summed E-state index contributed by atoms with van der Waals surface area (Å²) in [5, 5.41) is 3.10. The summed E-state index contributed by atoms with van der Waals surface area (Å²) in [6.45, 7) is 9.05. The number of ether oxygens (including phenoxy) is 2. The number of benzene rings is 1. The summed E-state index contributed by atoms with van der Waals surface area (Å²) >= 11 is 0. The predicted octanol–water partition coefficient (Wildman–Crippen LogP) is 4.48. The summed E-state index contributed by atoms with van der Waals surface area (Å²) in [6.07, 6.45) is 4.48. The molecule has 2 aromatic rings. The Balaban J connectivity index is 1.45. The molecule has 0 aliphatic carbocycles. The van der Waals surface area contributed by atoms with Crippen LogP contribution in [0, 0.1) is 5.92 Å². The Morgan fingerprint density at radius 2 is 1.84 bits per heavy atom. The molecule has 172 valence electrons. The molecular weight excluding hydrogens is 406 g/mol. The van der Waals surface area contributed by atoms with E-state index in [4.69, 9.17) is 9.47 Å². The van der Waals surface area contributed by atoms with E-state index in [1.54, 1.807) is 17.3 Å². The van der Waals surface area contributed by atoms with Crippen molar-refractivity contribution in [1.29, 1.82) is 0 Å². The van der Waals surface area contributed by atoms with E-state index in [0.717, 1.165) is 16.9 Å². The van der Waals surface area contributed by atoms with E-state index in [1.807, 2.05) is 64.1 Å². The minimum atomic E-state index is -0.514. The molecule has 1 saturated heterocycles. The van der Waals surface area contributed by atoms with Crippen molar-refractivity contribution in [2.75, 3.05) is 13.1 Å². The molecule has 1 aliphatic rings. The van der Waals surface area contributed by atoms with Crippen molar-refractivity contribution < 1.29 is 19.1 Å². The van der Waals surface area contributed by atoms with Gasteiger partial charge < -0.3 is 19.7 Å². The standard InChI is InChI=1S/C25H33N3O4/c1-18(20-7-9-22(10-8-20)31-17-19-6-5-13-26-16-19)27-23(29)21-11-14-28(15-12-21)24(30)32-25(2,3)4/h5-10,13,16,18,21H,11-12,14-15,17H2,1-4H3,(H,27,29). The van der Waals surface area contributed by atoms with Crippen molar-refractivity contribution in [3.05, 3.63) is 59.9 Å². The number of hydrogen-bond donors (Lipinski definition) is 1. The molecule has 7 heteroatoms. The van der Waals surface area contributed by atoms with Gasteiger partial charge in [0.15, 0.2) is 0 Å². The highest BCUT2D eigenvalue weighted by atomic mass is 16.6. The van der Waals surface area contributed by atoms with Crippen LogP contribution in [0.15, 0.2) is 48.8 Å². The van der Waals surface area contributed by atoms with E-state index >= 15 is 0 Å². The van der Waals surface area contributed by atoms with Gasteiger partial charge in [-0.2, -0.15) is 0 Å². The van der Waals surface area contributed by atoms with E-state index in [9.17, 15) is 9.59 Å². The van der Waals surface area contributed by atoms with Crippen LogP contribution in [0.2, 0.25) is 0 Å². The van der Waals surface area contributed by atoms with Gasteiger partial charge in [-0.3, -0.25) is 9.78 Å². The lowest BCUT2D eigenvalue weighted by molar-refractivity contribution is -0.127. The van der Waals surface area contributed by atoms with Gasteiger partial charge in [-0.1, -0.05) is 18.2 Å². The van der Waals surface area contributed by atoms with Crippen LogP contribution in [0.4, 0.5) is 4.79 Å². The van der Waals surface area contributed by atoms with Gasteiger partial charge in [0.2, 0.25) is 5.91 Å². The monoisotopic (exact) mass is 439 g/mol. The van der Waals surface area contributed by atoms with Gasteiger partial charge in [0, 0.05) is 37.0 Å². The molecule has 1 N–H and O–H groups in total. The van der Waals surface area contributed by atoms with Gasteiger partial charge in [-0.05, 0) is 64.3 Å². The van der Waals surface area contributed by atoms with Crippen molar-refractivity contribution in [1.82, 2.24) is 15.2 Å². The molecule has 2 amide bonds. The van der Waals surface area contributed by atoms with E-state index in [0.29, 0.717) is 32.5 Å². The van der Waals surface area contributed by atoms with Crippen LogP contribution in [0.1, 0.15) is 57.7 Å². The van der Waals surface area contributed by atoms with Crippen LogP contribution in [-0.2, 0) is 16.1 Å². The zero-order valence-electron chi connectivity index (χ0n) is 19.3. The number of amides is 2. The average Bonchev–Trinajstić information content (AvgIpc) is 2.77. The first kappa shape index (κ1) is 23.6. The number of pyridine rings is 1. The fraction of sp³-hybridized carbons (Fsp3) is 0.480. The molecule has 1 aliphatic heterocycles. The summed E-state index contributed by atoms with van der Waals surface area (Å²) < 4.78 is 11.2. The maximum atomic E-state index is 12.7. The van der Waals surface area contributed by atoms with Gasteiger partial charge >= 0.3 is 6.09 Å². The Kier molecular flexibility index (Phi) is 7.72. The van der Waals surface area contributed by atoms with Crippen molar-refractivity contribution in [3.63, 3.8) is 0 Å². The van der Waals surface area contributed by atoms with Gasteiger partial charge in [0.25, 0.3) is 0 Å². The summed E-state index contributed by atoms with van der Waals surface area (Å²) in [5.74, 6) is 0.696. The van der Waals surface area contributed by atoms with Crippen LogP contribution in [-0.4, -0.2) is 40.6 Å². The highest BCUT2D eigenvalue weighted by Crippen LogP contribution is 2.23. The third kappa shape index (κ3) is 6.97. The minimum Gasteiger partial charge on any atom is -0.489 e. The molecule has 0 bridgehead atoms. The number of nitrogens with zero attached hydrogens (tertiary/aromatic N) is 2. The normalized spacial score (nSPS) is 15.7. The SMILES string of the molecule is CC(NC(=O)C1CCN(C(=O)OC(C)(C)C)CC1)c1ccc(OCc2cccnc2)cc1. The molecule has 2 heterocycles. The van der Waals surface area contributed by atoms with E-state index in [2.05, 4.69) is 10.3 Å². The largest absolute Gasteiger partial charge is 0.489 e. The summed E-state index contributed by atoms with van der Waals surface area (Å²) in [6, 6.07) is 11.5. The smallest absolute Gasteiger partial charge is 0.410 e. The molecular formula is C25H33N3O4. The number of piperidine rings is 1. The lowest BCUT2D eigenvalue weighted by atomic mass is 9.95. The Bertz CT molecular complexity index is 886. The first-order valence-electron chi connectivity index (χ1n) is 11.1. The van der Waals surface area contributed by atoms with E-state index < -0.39 is 5.60 Å².